The van der Waals surface area contributed by atoms with Gasteiger partial charge in [0.05, 0.1) is 65.1 Å². The van der Waals surface area contributed by atoms with Crippen molar-refractivity contribution in [3.63, 3.8) is 0 Å². The summed E-state index contributed by atoms with van der Waals surface area (Å²) in [6.07, 6.45) is 2.21. The van der Waals surface area contributed by atoms with Crippen LogP contribution in [0.25, 0.3) is 0 Å². The number of nitrogens with zero attached hydrogens (tertiary/aromatic N) is 2. The molecule has 17 heavy (non-hydrogen) atoms. The van der Waals surface area contributed by atoms with Crippen molar-refractivity contribution in [2.24, 2.45) is 0 Å². The molecule has 0 aromatic rings. The topological polar surface area (TPSA) is 24.9 Å². The van der Waals surface area contributed by atoms with Crippen molar-refractivity contribution < 1.29 is 9.47 Å². The van der Waals surface area contributed by atoms with Gasteiger partial charge in [0.1, 0.15) is 0 Å². The average molecular weight is 259 g/mol. The van der Waals surface area contributed by atoms with E-state index in [0.29, 0.717) is 0 Å². The fraction of sp³-hybridized carbons (Fsp3) is 0.833. The third kappa shape index (κ3) is 3.07. The van der Waals surface area contributed by atoms with E-state index in [2.05, 4.69) is 34.8 Å². The molecule has 0 aliphatic carbocycles. The zero-order valence-corrected chi connectivity index (χ0v) is 11.9. The Kier molecular flexibility index (Phi) is 4.95. The first-order chi connectivity index (χ1) is 8.27. The molecule has 2 rings (SSSR count). The van der Waals surface area contributed by atoms with Crippen LogP contribution in [-0.4, -0.2) is 68.6 Å². The summed E-state index contributed by atoms with van der Waals surface area (Å²) in [5.74, 6) is 2.42. The van der Waals surface area contributed by atoms with Gasteiger partial charge in [0.25, 0.3) is 0 Å². The first kappa shape index (κ1) is 13.4. The molecule has 2 aliphatic rings. The van der Waals surface area contributed by atoms with Gasteiger partial charge in [-0.3, -0.25) is 0 Å². The van der Waals surface area contributed by atoms with E-state index in [1.54, 1.807) is 0 Å². The minimum absolute atomic E-state index is 0.873. The van der Waals surface area contributed by atoms with Gasteiger partial charge in [-0.25, -0.2) is 0 Å². The van der Waals surface area contributed by atoms with Crippen molar-refractivity contribution in [3.8, 4) is 0 Å². The third-order valence-corrected chi connectivity index (χ3v) is 7.51. The highest BCUT2D eigenvalue weighted by Crippen LogP contribution is 2.63. The van der Waals surface area contributed by atoms with Crippen LogP contribution < -0.4 is 0 Å². The van der Waals surface area contributed by atoms with Gasteiger partial charge < -0.3 is 9.47 Å². The van der Waals surface area contributed by atoms with Crippen molar-refractivity contribution in [1.82, 2.24) is 9.34 Å². The number of morpholine rings is 2. The molecule has 2 heterocycles. The van der Waals surface area contributed by atoms with Crippen molar-refractivity contribution in [2.45, 2.75) is 6.92 Å². The molecular weight excluding hydrogens is 235 g/mol. The largest absolute Gasteiger partial charge is 0.378 e. The van der Waals surface area contributed by atoms with E-state index in [4.69, 9.17) is 9.47 Å². The summed E-state index contributed by atoms with van der Waals surface area (Å²) < 4.78 is 16.2. The number of allylic oxidation sites excluding steroid dienone is 1. The van der Waals surface area contributed by atoms with Crippen LogP contribution in [0.1, 0.15) is 6.92 Å². The molecule has 2 fully saturated rings. The summed E-state index contributed by atoms with van der Waals surface area (Å²) in [5.41, 5.74) is 0. The highest BCUT2D eigenvalue weighted by Gasteiger charge is 2.45. The van der Waals surface area contributed by atoms with E-state index in [-0.39, 0.29) is 0 Å². The zero-order valence-electron chi connectivity index (χ0n) is 11.0. The quantitative estimate of drug-likeness (QED) is 0.720. The minimum Gasteiger partial charge on any atom is -0.378 e. The third-order valence-electron chi connectivity index (χ3n) is 3.55. The number of ether oxygens (including phenoxy) is 2. The molecule has 0 N–H and O–H groups in total. The first-order valence-electron chi connectivity index (χ1n) is 6.44. The lowest BCUT2D eigenvalue weighted by Gasteiger charge is -2.41. The van der Waals surface area contributed by atoms with Crippen LogP contribution in [0.3, 0.4) is 0 Å². The maximum atomic E-state index is 5.47. The second-order valence-corrected chi connectivity index (χ2v) is 7.98. The second-order valence-electron chi connectivity index (χ2n) is 4.59. The molecule has 0 saturated carbocycles. The summed E-state index contributed by atoms with van der Waals surface area (Å²) >= 11 is 0. The van der Waals surface area contributed by atoms with Crippen LogP contribution in [0.15, 0.2) is 11.9 Å². The molecule has 2 aliphatic heterocycles. The molecule has 0 atom stereocenters. The Morgan fingerprint density at radius 2 is 1.29 bits per heavy atom. The van der Waals surface area contributed by atoms with Gasteiger partial charge in [-0.1, -0.05) is 0 Å². The molecule has 5 heteroatoms. The second kappa shape index (κ2) is 6.26. The Balaban J connectivity index is 2.11. The standard InChI is InChI=1S/C12H24N2O2P/c1-3-12-17(2,13-4-8-15-9-5-13)14-6-10-16-11-7-14/h3,12H,4-11H2,1-2H3/q+1/b12-3+. The van der Waals surface area contributed by atoms with Gasteiger partial charge in [0, 0.05) is 0 Å². The average Bonchev–Trinajstić information content (AvgIpc) is 2.41. The number of hydrogen-bond donors (Lipinski definition) is 0. The number of hydrogen-bond acceptors (Lipinski definition) is 4. The predicted molar refractivity (Wildman–Crippen MR) is 72.4 cm³/mol. The summed E-state index contributed by atoms with van der Waals surface area (Å²) in [4.78, 5) is 0. The summed E-state index contributed by atoms with van der Waals surface area (Å²) in [6.45, 7) is 12.3. The molecule has 2 saturated heterocycles. The van der Waals surface area contributed by atoms with E-state index in [1.165, 1.54) is 0 Å². The summed E-state index contributed by atoms with van der Waals surface area (Å²) in [7, 11) is -1.29. The van der Waals surface area contributed by atoms with Crippen LogP contribution in [0.2, 0.25) is 0 Å². The highest BCUT2D eigenvalue weighted by molar-refractivity contribution is 7.73. The zero-order chi connectivity index (χ0) is 12.1. The van der Waals surface area contributed by atoms with Crippen LogP contribution >= 0.6 is 7.56 Å². The first-order valence-corrected chi connectivity index (χ1v) is 8.65. The molecule has 98 valence electrons. The van der Waals surface area contributed by atoms with Crippen LogP contribution in [-0.2, 0) is 9.47 Å². The van der Waals surface area contributed by atoms with Crippen LogP contribution in [0, 0.1) is 0 Å². The van der Waals surface area contributed by atoms with Crippen molar-refractivity contribution in [1.29, 1.82) is 0 Å². The van der Waals surface area contributed by atoms with E-state index < -0.39 is 7.56 Å². The van der Waals surface area contributed by atoms with E-state index in [0.717, 1.165) is 52.6 Å². The molecule has 0 bridgehead atoms. The van der Waals surface area contributed by atoms with Crippen molar-refractivity contribution in [3.05, 3.63) is 11.9 Å². The molecule has 0 amide bonds. The van der Waals surface area contributed by atoms with Crippen LogP contribution in [0.5, 0.6) is 0 Å². The minimum atomic E-state index is -1.29. The maximum absolute atomic E-state index is 5.47. The fourth-order valence-corrected chi connectivity index (χ4v) is 5.81. The summed E-state index contributed by atoms with van der Waals surface area (Å²) in [6, 6.07) is 0. The predicted octanol–water partition coefficient (Wildman–Crippen LogP) is 1.66. The van der Waals surface area contributed by atoms with Gasteiger partial charge in [-0.15, -0.1) is 0 Å². The smallest absolute Gasteiger partial charge is 0.175 e. The molecule has 0 spiro atoms. The van der Waals surface area contributed by atoms with Crippen LogP contribution in [0.4, 0.5) is 0 Å². The maximum Gasteiger partial charge on any atom is 0.175 e. The van der Waals surface area contributed by atoms with Gasteiger partial charge in [-0.2, -0.15) is 9.34 Å². The monoisotopic (exact) mass is 259 g/mol. The Hall–Kier alpha value is 0.01000. The van der Waals surface area contributed by atoms with Gasteiger partial charge in [-0.05, 0) is 13.0 Å². The molecular formula is C12H24N2O2P+. The normalized spacial score (nSPS) is 25.5. The van der Waals surface area contributed by atoms with E-state index in [9.17, 15) is 0 Å². The van der Waals surface area contributed by atoms with Crippen molar-refractivity contribution in [2.75, 3.05) is 59.3 Å². The van der Waals surface area contributed by atoms with Gasteiger partial charge in [0.15, 0.2) is 7.56 Å². The molecule has 4 nitrogen and oxygen atoms in total. The molecule has 0 aromatic carbocycles. The van der Waals surface area contributed by atoms with Gasteiger partial charge >= 0.3 is 0 Å². The lowest BCUT2D eigenvalue weighted by atomic mass is 10.5. The lowest BCUT2D eigenvalue weighted by Crippen LogP contribution is -2.44. The Morgan fingerprint density at radius 3 is 1.65 bits per heavy atom. The van der Waals surface area contributed by atoms with Gasteiger partial charge in [0.2, 0.25) is 0 Å². The SMILES string of the molecule is C/C=C/[P+](C)(N1CCOCC1)N1CCOCC1. The molecule has 0 radical (unpaired) electrons. The number of rotatable bonds is 3. The Morgan fingerprint density at radius 1 is 0.882 bits per heavy atom. The summed E-state index contributed by atoms with van der Waals surface area (Å²) in [5, 5.41) is 0. The molecule has 0 unspecified atom stereocenters. The van der Waals surface area contributed by atoms with E-state index in [1.807, 2.05) is 0 Å². The van der Waals surface area contributed by atoms with E-state index >= 15 is 0 Å². The molecule has 0 aromatic heterocycles. The fourth-order valence-electron chi connectivity index (χ4n) is 2.57. The Labute approximate surface area is 105 Å². The van der Waals surface area contributed by atoms with Crippen molar-refractivity contribution >= 4 is 7.56 Å². The lowest BCUT2D eigenvalue weighted by molar-refractivity contribution is 0.0568. The Bertz CT molecular complexity index is 243. The highest BCUT2D eigenvalue weighted by atomic mass is 31.2.